The summed E-state index contributed by atoms with van der Waals surface area (Å²) in [5.74, 6) is 0. The van der Waals surface area contributed by atoms with Crippen molar-refractivity contribution in [2.75, 3.05) is 39.5 Å². The van der Waals surface area contributed by atoms with Crippen LogP contribution in [0.1, 0.15) is 162 Å². The lowest BCUT2D eigenvalue weighted by molar-refractivity contribution is -0.0475. The maximum absolute atomic E-state index is 9.57. The molecule has 1 aliphatic carbocycles. The van der Waals surface area contributed by atoms with E-state index in [0.717, 1.165) is 32.7 Å². The zero-order valence-electron chi connectivity index (χ0n) is 25.4. The SMILES string of the molecule is CCCCCCCCCCCCOCC(CN(CCO)C1CCC1)OCCCCCCCCCCCC. The van der Waals surface area contributed by atoms with Crippen LogP contribution in [0.3, 0.4) is 0 Å². The Bertz CT molecular complexity index is 443. The van der Waals surface area contributed by atoms with E-state index >= 15 is 0 Å². The normalized spacial score (nSPS) is 14.9. The minimum Gasteiger partial charge on any atom is -0.395 e. The smallest absolute Gasteiger partial charge is 0.0935 e. The van der Waals surface area contributed by atoms with Crippen LogP contribution in [0.25, 0.3) is 0 Å². The van der Waals surface area contributed by atoms with E-state index in [-0.39, 0.29) is 12.7 Å². The van der Waals surface area contributed by atoms with Crippen molar-refractivity contribution in [2.24, 2.45) is 0 Å². The van der Waals surface area contributed by atoms with Gasteiger partial charge in [-0.15, -0.1) is 0 Å². The first-order valence-corrected chi connectivity index (χ1v) is 16.9. The van der Waals surface area contributed by atoms with E-state index in [9.17, 15) is 5.11 Å². The van der Waals surface area contributed by atoms with Gasteiger partial charge in [0.25, 0.3) is 0 Å². The number of aliphatic hydroxyl groups is 1. The van der Waals surface area contributed by atoms with Crippen LogP contribution in [0.4, 0.5) is 0 Å². The summed E-state index contributed by atoms with van der Waals surface area (Å²) >= 11 is 0. The van der Waals surface area contributed by atoms with Gasteiger partial charge in [-0.05, 0) is 25.7 Å². The first-order chi connectivity index (χ1) is 18.3. The first kappa shape index (κ1) is 34.9. The molecule has 0 aromatic rings. The molecular formula is C33H67NO3. The van der Waals surface area contributed by atoms with Crippen molar-refractivity contribution < 1.29 is 14.6 Å². The average molecular weight is 526 g/mol. The summed E-state index contributed by atoms with van der Waals surface area (Å²) < 4.78 is 12.5. The van der Waals surface area contributed by atoms with E-state index in [1.54, 1.807) is 0 Å². The van der Waals surface area contributed by atoms with Gasteiger partial charge in [0.05, 0.1) is 19.3 Å². The van der Waals surface area contributed by atoms with Crippen molar-refractivity contribution in [3.05, 3.63) is 0 Å². The number of nitrogens with zero attached hydrogens (tertiary/aromatic N) is 1. The molecular weight excluding hydrogens is 458 g/mol. The Morgan fingerprint density at radius 1 is 0.649 bits per heavy atom. The van der Waals surface area contributed by atoms with Gasteiger partial charge < -0.3 is 14.6 Å². The maximum atomic E-state index is 9.57. The quantitative estimate of drug-likeness (QED) is 0.0950. The Hall–Kier alpha value is -0.160. The van der Waals surface area contributed by atoms with Gasteiger partial charge in [-0.2, -0.15) is 0 Å². The highest BCUT2D eigenvalue weighted by Crippen LogP contribution is 2.25. The molecule has 37 heavy (non-hydrogen) atoms. The number of unbranched alkanes of at least 4 members (excludes halogenated alkanes) is 18. The Labute approximate surface area is 232 Å². The van der Waals surface area contributed by atoms with Crippen LogP contribution in [0.15, 0.2) is 0 Å². The predicted molar refractivity (Wildman–Crippen MR) is 161 cm³/mol. The fourth-order valence-corrected chi connectivity index (χ4v) is 5.46. The minimum atomic E-state index is 0.133. The zero-order chi connectivity index (χ0) is 26.7. The van der Waals surface area contributed by atoms with Gasteiger partial charge in [0.15, 0.2) is 0 Å². The summed E-state index contributed by atoms with van der Waals surface area (Å²) in [5.41, 5.74) is 0. The summed E-state index contributed by atoms with van der Waals surface area (Å²) in [6, 6.07) is 0.637. The van der Waals surface area contributed by atoms with Gasteiger partial charge in [0.2, 0.25) is 0 Å². The molecule has 1 aliphatic rings. The van der Waals surface area contributed by atoms with Crippen LogP contribution in [0.5, 0.6) is 0 Å². The molecule has 1 saturated carbocycles. The molecule has 0 amide bonds. The predicted octanol–water partition coefficient (Wildman–Crippen LogP) is 9.08. The third-order valence-corrected chi connectivity index (χ3v) is 8.21. The second-order valence-electron chi connectivity index (χ2n) is 11.7. The largest absolute Gasteiger partial charge is 0.395 e. The molecule has 1 fully saturated rings. The Morgan fingerprint density at radius 3 is 1.54 bits per heavy atom. The number of rotatable bonds is 30. The summed E-state index contributed by atoms with van der Waals surface area (Å²) in [7, 11) is 0. The number of hydrogen-bond donors (Lipinski definition) is 1. The third kappa shape index (κ3) is 21.4. The summed E-state index contributed by atoms with van der Waals surface area (Å²) in [5, 5.41) is 9.57. The monoisotopic (exact) mass is 526 g/mol. The van der Waals surface area contributed by atoms with Gasteiger partial charge in [-0.3, -0.25) is 4.90 Å². The van der Waals surface area contributed by atoms with Gasteiger partial charge in [0.1, 0.15) is 0 Å². The van der Waals surface area contributed by atoms with Crippen molar-refractivity contribution in [3.63, 3.8) is 0 Å². The highest BCUT2D eigenvalue weighted by atomic mass is 16.5. The molecule has 0 aromatic carbocycles. The summed E-state index contributed by atoms with van der Waals surface area (Å²) in [6.07, 6.45) is 31.1. The van der Waals surface area contributed by atoms with Crippen LogP contribution in [-0.2, 0) is 9.47 Å². The lowest BCUT2D eigenvalue weighted by atomic mass is 9.91. The zero-order valence-corrected chi connectivity index (χ0v) is 25.4. The van der Waals surface area contributed by atoms with E-state index in [1.165, 1.54) is 141 Å². The molecule has 0 aliphatic heterocycles. The van der Waals surface area contributed by atoms with Crippen LogP contribution >= 0.6 is 0 Å². The lowest BCUT2D eigenvalue weighted by Gasteiger charge is -2.39. The van der Waals surface area contributed by atoms with Crippen molar-refractivity contribution in [3.8, 4) is 0 Å². The second kappa shape index (κ2) is 27.4. The van der Waals surface area contributed by atoms with Crippen LogP contribution < -0.4 is 0 Å². The standard InChI is InChI=1S/C33H67NO3/c1-3-5-7-9-11-13-15-17-19-21-28-36-31-33(30-34(26-27-35)32-24-23-25-32)37-29-22-20-18-16-14-12-10-8-6-4-2/h32-33,35H,3-31H2,1-2H3. The van der Waals surface area contributed by atoms with Gasteiger partial charge in [0, 0.05) is 32.3 Å². The van der Waals surface area contributed by atoms with Crippen molar-refractivity contribution in [1.82, 2.24) is 4.90 Å². The van der Waals surface area contributed by atoms with E-state index < -0.39 is 0 Å². The molecule has 4 heteroatoms. The molecule has 0 radical (unpaired) electrons. The Balaban J connectivity index is 2.15. The molecule has 1 unspecified atom stereocenters. The highest BCUT2D eigenvalue weighted by Gasteiger charge is 2.27. The van der Waals surface area contributed by atoms with Crippen LogP contribution in [-0.4, -0.2) is 61.7 Å². The van der Waals surface area contributed by atoms with Gasteiger partial charge in [-0.1, -0.05) is 136 Å². The molecule has 0 aromatic heterocycles. The van der Waals surface area contributed by atoms with Gasteiger partial charge >= 0.3 is 0 Å². The van der Waals surface area contributed by atoms with E-state index in [4.69, 9.17) is 9.47 Å². The molecule has 1 rings (SSSR count). The van der Waals surface area contributed by atoms with Crippen LogP contribution in [0.2, 0.25) is 0 Å². The molecule has 1 atom stereocenters. The Kier molecular flexibility index (Phi) is 25.8. The second-order valence-corrected chi connectivity index (χ2v) is 11.7. The highest BCUT2D eigenvalue weighted by molar-refractivity contribution is 4.82. The maximum Gasteiger partial charge on any atom is 0.0935 e. The summed E-state index contributed by atoms with van der Waals surface area (Å²) in [6.45, 7) is 8.88. The van der Waals surface area contributed by atoms with E-state index in [1.807, 2.05) is 0 Å². The first-order valence-electron chi connectivity index (χ1n) is 16.9. The van der Waals surface area contributed by atoms with Crippen molar-refractivity contribution in [2.45, 2.75) is 174 Å². The molecule has 0 bridgehead atoms. The number of aliphatic hydroxyl groups excluding tert-OH is 1. The van der Waals surface area contributed by atoms with E-state index in [2.05, 4.69) is 18.7 Å². The molecule has 1 N–H and O–H groups in total. The molecule has 0 saturated heterocycles. The summed E-state index contributed by atoms with van der Waals surface area (Å²) in [4.78, 5) is 2.45. The van der Waals surface area contributed by atoms with Crippen LogP contribution in [0, 0.1) is 0 Å². The fraction of sp³-hybridized carbons (Fsp3) is 1.00. The average Bonchev–Trinajstić information content (AvgIpc) is 2.86. The lowest BCUT2D eigenvalue weighted by Crippen LogP contribution is -2.47. The van der Waals surface area contributed by atoms with Crippen molar-refractivity contribution >= 4 is 0 Å². The molecule has 0 spiro atoms. The topological polar surface area (TPSA) is 41.9 Å². The molecule has 4 nitrogen and oxygen atoms in total. The minimum absolute atomic E-state index is 0.133. The Morgan fingerprint density at radius 2 is 1.11 bits per heavy atom. The molecule has 0 heterocycles. The molecule has 222 valence electrons. The fourth-order valence-electron chi connectivity index (χ4n) is 5.46. The number of hydrogen-bond acceptors (Lipinski definition) is 4. The third-order valence-electron chi connectivity index (χ3n) is 8.21. The number of ether oxygens (including phenoxy) is 2. The van der Waals surface area contributed by atoms with Gasteiger partial charge in [-0.25, -0.2) is 0 Å². The van der Waals surface area contributed by atoms with E-state index in [0.29, 0.717) is 12.6 Å². The van der Waals surface area contributed by atoms with Crippen molar-refractivity contribution in [1.29, 1.82) is 0 Å².